The molecule has 1 aliphatic carbocycles. The van der Waals surface area contributed by atoms with Gasteiger partial charge in [-0.1, -0.05) is 38.0 Å². The number of aliphatic hydroxyl groups excluding tert-OH is 1. The zero-order valence-electron chi connectivity index (χ0n) is 14.3. The van der Waals surface area contributed by atoms with Gasteiger partial charge in [-0.05, 0) is 37.5 Å². The minimum absolute atomic E-state index is 0.140. The summed E-state index contributed by atoms with van der Waals surface area (Å²) in [6.45, 7) is 7.86. The Hall–Kier alpha value is -1.65. The third-order valence-corrected chi connectivity index (χ3v) is 4.59. The van der Waals surface area contributed by atoms with Crippen LogP contribution in [0.3, 0.4) is 0 Å². The maximum absolute atomic E-state index is 12.2. The van der Waals surface area contributed by atoms with E-state index >= 15 is 0 Å². The number of ether oxygens (including phenoxy) is 1. The molecule has 0 spiro atoms. The number of allylic oxidation sites excluding steroid dienone is 5. The van der Waals surface area contributed by atoms with Gasteiger partial charge < -0.3 is 14.9 Å². The van der Waals surface area contributed by atoms with Gasteiger partial charge in [0, 0.05) is 12.0 Å². The van der Waals surface area contributed by atoms with E-state index in [1.54, 1.807) is 6.08 Å². The molecule has 1 heterocycles. The Kier molecular flexibility index (Phi) is 5.27. The van der Waals surface area contributed by atoms with Crippen molar-refractivity contribution in [1.82, 2.24) is 0 Å². The molecule has 4 nitrogen and oxygen atoms in total. The fraction of sp³-hybridized carbons (Fsp3) is 0.526. The van der Waals surface area contributed by atoms with Gasteiger partial charge in [-0.25, -0.2) is 0 Å². The molecule has 3 atom stereocenters. The predicted octanol–water partition coefficient (Wildman–Crippen LogP) is 2.83. The highest BCUT2D eigenvalue weighted by Crippen LogP contribution is 2.34. The average molecular weight is 318 g/mol. The molecular formula is C19H26O4. The first kappa shape index (κ1) is 17.7. The SMILES string of the molecule is CC[C@H](C)/C=C(C)/C=C/C1=CC2=C(CO1)C(=O)[C@@](C)(O)[C@@H](O)C2. The number of carbonyl (C=O) groups is 1. The molecule has 2 aliphatic rings. The van der Waals surface area contributed by atoms with Crippen molar-refractivity contribution >= 4 is 5.78 Å². The number of Topliss-reactive ketones (excluding diaryl/α,β-unsaturated/α-hetero) is 1. The Morgan fingerprint density at radius 1 is 1.57 bits per heavy atom. The highest BCUT2D eigenvalue weighted by atomic mass is 16.5. The Bertz CT molecular complexity index is 605. The number of ketones is 1. The zero-order chi connectivity index (χ0) is 17.2. The van der Waals surface area contributed by atoms with E-state index < -0.39 is 17.5 Å². The molecule has 4 heteroatoms. The van der Waals surface area contributed by atoms with Crippen molar-refractivity contribution < 1.29 is 19.7 Å². The number of rotatable bonds is 4. The largest absolute Gasteiger partial charge is 0.489 e. The third-order valence-electron chi connectivity index (χ3n) is 4.59. The van der Waals surface area contributed by atoms with Crippen LogP contribution in [0.25, 0.3) is 0 Å². The molecule has 2 rings (SSSR count). The molecule has 126 valence electrons. The van der Waals surface area contributed by atoms with Crippen LogP contribution < -0.4 is 0 Å². The second-order valence-electron chi connectivity index (χ2n) is 6.67. The van der Waals surface area contributed by atoms with Crippen molar-refractivity contribution in [2.24, 2.45) is 5.92 Å². The van der Waals surface area contributed by atoms with Crippen molar-refractivity contribution in [3.63, 3.8) is 0 Å². The third kappa shape index (κ3) is 3.82. The van der Waals surface area contributed by atoms with E-state index in [4.69, 9.17) is 4.74 Å². The lowest BCUT2D eigenvalue weighted by atomic mass is 9.77. The molecule has 0 amide bonds. The topological polar surface area (TPSA) is 66.8 Å². The molecule has 0 aromatic carbocycles. The minimum Gasteiger partial charge on any atom is -0.489 e. The second-order valence-corrected chi connectivity index (χ2v) is 6.67. The van der Waals surface area contributed by atoms with E-state index in [1.165, 1.54) is 6.92 Å². The van der Waals surface area contributed by atoms with Gasteiger partial charge in [-0.3, -0.25) is 4.79 Å². The Labute approximate surface area is 137 Å². The van der Waals surface area contributed by atoms with Crippen LogP contribution >= 0.6 is 0 Å². The zero-order valence-corrected chi connectivity index (χ0v) is 14.3. The minimum atomic E-state index is -1.72. The number of hydrogen-bond acceptors (Lipinski definition) is 4. The van der Waals surface area contributed by atoms with Crippen molar-refractivity contribution in [3.05, 3.63) is 46.8 Å². The normalized spacial score (nSPS) is 30.2. The summed E-state index contributed by atoms with van der Waals surface area (Å²) < 4.78 is 5.60. The Morgan fingerprint density at radius 3 is 2.91 bits per heavy atom. The Morgan fingerprint density at radius 2 is 2.26 bits per heavy atom. The van der Waals surface area contributed by atoms with Crippen LogP contribution in [0.5, 0.6) is 0 Å². The van der Waals surface area contributed by atoms with Gasteiger partial charge in [-0.2, -0.15) is 0 Å². The van der Waals surface area contributed by atoms with Gasteiger partial charge >= 0.3 is 0 Å². The van der Waals surface area contributed by atoms with Crippen molar-refractivity contribution in [3.8, 4) is 0 Å². The van der Waals surface area contributed by atoms with E-state index in [0.717, 1.165) is 17.6 Å². The molecule has 0 fully saturated rings. The number of aliphatic hydroxyl groups is 2. The first-order valence-electron chi connectivity index (χ1n) is 8.14. The van der Waals surface area contributed by atoms with Gasteiger partial charge in [0.1, 0.15) is 12.4 Å². The summed E-state index contributed by atoms with van der Waals surface area (Å²) in [4.78, 5) is 12.2. The van der Waals surface area contributed by atoms with Crippen molar-refractivity contribution in [2.45, 2.75) is 52.2 Å². The fourth-order valence-corrected chi connectivity index (χ4v) is 2.74. The van der Waals surface area contributed by atoms with E-state index in [1.807, 2.05) is 19.1 Å². The van der Waals surface area contributed by atoms with Gasteiger partial charge in [0.2, 0.25) is 0 Å². The highest BCUT2D eigenvalue weighted by Gasteiger charge is 2.45. The van der Waals surface area contributed by atoms with E-state index in [-0.39, 0.29) is 13.0 Å². The van der Waals surface area contributed by atoms with Crippen LogP contribution in [-0.2, 0) is 9.53 Å². The average Bonchev–Trinajstić information content (AvgIpc) is 2.51. The van der Waals surface area contributed by atoms with Crippen LogP contribution in [0.15, 0.2) is 46.8 Å². The summed E-state index contributed by atoms with van der Waals surface area (Å²) in [5, 5.41) is 20.0. The van der Waals surface area contributed by atoms with E-state index in [0.29, 0.717) is 17.3 Å². The van der Waals surface area contributed by atoms with Gasteiger partial charge in [0.05, 0.1) is 6.10 Å². The molecule has 0 bridgehead atoms. The summed E-state index contributed by atoms with van der Waals surface area (Å²) in [7, 11) is 0. The van der Waals surface area contributed by atoms with Crippen LogP contribution in [0.4, 0.5) is 0 Å². The van der Waals surface area contributed by atoms with Crippen LogP contribution in [0, 0.1) is 5.92 Å². The molecule has 0 unspecified atom stereocenters. The smallest absolute Gasteiger partial charge is 0.196 e. The monoisotopic (exact) mass is 318 g/mol. The summed E-state index contributed by atoms with van der Waals surface area (Å²) in [5.74, 6) is 0.754. The second kappa shape index (κ2) is 6.85. The lowest BCUT2D eigenvalue weighted by Gasteiger charge is -2.35. The molecule has 0 aromatic heterocycles. The summed E-state index contributed by atoms with van der Waals surface area (Å²) >= 11 is 0. The first-order chi connectivity index (χ1) is 10.8. The number of carbonyl (C=O) groups excluding carboxylic acids is 1. The van der Waals surface area contributed by atoms with Crippen molar-refractivity contribution in [2.75, 3.05) is 6.61 Å². The molecule has 0 radical (unpaired) electrons. The van der Waals surface area contributed by atoms with Crippen LogP contribution in [0.1, 0.15) is 40.5 Å². The quantitative estimate of drug-likeness (QED) is 0.782. The van der Waals surface area contributed by atoms with Gasteiger partial charge in [0.15, 0.2) is 11.4 Å². The van der Waals surface area contributed by atoms with E-state index in [9.17, 15) is 15.0 Å². The maximum atomic E-state index is 12.2. The molecule has 0 aromatic rings. The fourth-order valence-electron chi connectivity index (χ4n) is 2.74. The molecule has 0 saturated heterocycles. The van der Waals surface area contributed by atoms with Gasteiger partial charge in [-0.15, -0.1) is 0 Å². The van der Waals surface area contributed by atoms with Gasteiger partial charge in [0.25, 0.3) is 0 Å². The maximum Gasteiger partial charge on any atom is 0.196 e. The molecular weight excluding hydrogens is 292 g/mol. The molecule has 2 N–H and O–H groups in total. The molecule has 23 heavy (non-hydrogen) atoms. The first-order valence-corrected chi connectivity index (χ1v) is 8.14. The highest BCUT2D eigenvalue weighted by molar-refractivity contribution is 6.04. The van der Waals surface area contributed by atoms with Crippen molar-refractivity contribution in [1.29, 1.82) is 0 Å². The lowest BCUT2D eigenvalue weighted by molar-refractivity contribution is -0.145. The predicted molar refractivity (Wildman–Crippen MR) is 89.7 cm³/mol. The van der Waals surface area contributed by atoms with Crippen LogP contribution in [0.2, 0.25) is 0 Å². The molecule has 1 aliphatic heterocycles. The Balaban J connectivity index is 2.19. The summed E-state index contributed by atoms with van der Waals surface area (Å²) in [6, 6.07) is 0. The number of hydrogen-bond donors (Lipinski definition) is 2. The lowest BCUT2D eigenvalue weighted by Crippen LogP contribution is -2.51. The summed E-state index contributed by atoms with van der Waals surface area (Å²) in [6.07, 6.45) is 8.12. The summed E-state index contributed by atoms with van der Waals surface area (Å²) in [5.41, 5.74) is 0.651. The van der Waals surface area contributed by atoms with Crippen LogP contribution in [-0.4, -0.2) is 34.3 Å². The molecule has 0 saturated carbocycles. The standard InChI is InChI=1S/C19H26O4/c1-5-12(2)8-13(3)6-7-15-9-14-10-17(20)19(4,22)18(21)16(14)11-23-15/h6-9,12,17,20,22H,5,10-11H2,1-4H3/b7-6+,13-8+/t12-,17-,19-/m0/s1. The van der Waals surface area contributed by atoms with E-state index in [2.05, 4.69) is 19.9 Å².